The van der Waals surface area contributed by atoms with Gasteiger partial charge in [0.2, 0.25) is 0 Å². The van der Waals surface area contributed by atoms with Gasteiger partial charge in [0.25, 0.3) is 0 Å². The van der Waals surface area contributed by atoms with E-state index in [9.17, 15) is 4.79 Å². The molecule has 0 bridgehead atoms. The molecule has 4 heteroatoms. The fourth-order valence-corrected chi connectivity index (χ4v) is 1.29. The molecular weight excluding hydrogens is 166 g/mol. The fraction of sp³-hybridized carbons (Fsp3) is 0.667. The second-order valence-electron chi connectivity index (χ2n) is 3.47. The van der Waals surface area contributed by atoms with Crippen molar-refractivity contribution >= 4 is 6.29 Å². The summed E-state index contributed by atoms with van der Waals surface area (Å²) in [5, 5.41) is 7.74. The van der Waals surface area contributed by atoms with E-state index in [1.54, 1.807) is 0 Å². The van der Waals surface area contributed by atoms with E-state index in [1.807, 2.05) is 11.6 Å². The highest BCUT2D eigenvalue weighted by atomic mass is 16.1. The smallest absolute Gasteiger partial charge is 0.172 e. The molecule has 72 valence electrons. The van der Waals surface area contributed by atoms with E-state index in [1.165, 1.54) is 0 Å². The van der Waals surface area contributed by atoms with E-state index < -0.39 is 0 Å². The number of aldehydes is 1. The van der Waals surface area contributed by atoms with Crippen molar-refractivity contribution in [1.82, 2.24) is 15.0 Å². The highest BCUT2D eigenvalue weighted by Crippen LogP contribution is 2.06. The van der Waals surface area contributed by atoms with Crippen LogP contribution in [-0.2, 0) is 13.0 Å². The molecule has 1 rings (SSSR count). The van der Waals surface area contributed by atoms with Crippen molar-refractivity contribution in [2.75, 3.05) is 0 Å². The molecule has 0 saturated heterocycles. The first-order chi connectivity index (χ1) is 6.19. The Morgan fingerprint density at radius 1 is 1.54 bits per heavy atom. The predicted octanol–water partition coefficient (Wildman–Crippen LogP) is 1.31. The zero-order valence-corrected chi connectivity index (χ0v) is 8.32. The Balaban J connectivity index is 2.93. The lowest BCUT2D eigenvalue weighted by molar-refractivity contribution is 0.111. The third-order valence-electron chi connectivity index (χ3n) is 1.85. The summed E-state index contributed by atoms with van der Waals surface area (Å²) in [4.78, 5) is 10.6. The largest absolute Gasteiger partial charge is 0.296 e. The number of carbonyl (C=O) groups is 1. The summed E-state index contributed by atoms with van der Waals surface area (Å²) in [6.07, 6.45) is 1.57. The van der Waals surface area contributed by atoms with Gasteiger partial charge >= 0.3 is 0 Å². The van der Waals surface area contributed by atoms with E-state index in [2.05, 4.69) is 24.2 Å². The molecule has 0 amide bonds. The number of hydrogen-bond acceptors (Lipinski definition) is 3. The van der Waals surface area contributed by atoms with Crippen molar-refractivity contribution in [3.63, 3.8) is 0 Å². The average molecular weight is 181 g/mol. The monoisotopic (exact) mass is 181 g/mol. The van der Waals surface area contributed by atoms with Crippen molar-refractivity contribution in [1.29, 1.82) is 0 Å². The van der Waals surface area contributed by atoms with Gasteiger partial charge in [-0.15, -0.1) is 5.10 Å². The average Bonchev–Trinajstić information content (AvgIpc) is 2.45. The van der Waals surface area contributed by atoms with Crippen molar-refractivity contribution < 1.29 is 4.79 Å². The predicted molar refractivity (Wildman–Crippen MR) is 49.6 cm³/mol. The van der Waals surface area contributed by atoms with Gasteiger partial charge in [-0.25, -0.2) is 4.68 Å². The standard InChI is InChI=1S/C9H15N3O/c1-4-9-8(6-13)10-11-12(9)5-7(2)3/h6-7H,4-5H2,1-3H3. The van der Waals surface area contributed by atoms with Gasteiger partial charge in [0.15, 0.2) is 6.29 Å². The molecule has 13 heavy (non-hydrogen) atoms. The molecule has 0 atom stereocenters. The van der Waals surface area contributed by atoms with Gasteiger partial charge in [-0.1, -0.05) is 26.0 Å². The summed E-state index contributed by atoms with van der Waals surface area (Å²) in [7, 11) is 0. The molecule has 0 aliphatic rings. The summed E-state index contributed by atoms with van der Waals surface area (Å²) < 4.78 is 1.81. The van der Waals surface area contributed by atoms with Gasteiger partial charge in [-0.3, -0.25) is 4.79 Å². The topological polar surface area (TPSA) is 47.8 Å². The highest BCUT2D eigenvalue weighted by molar-refractivity contribution is 5.73. The van der Waals surface area contributed by atoms with Gasteiger partial charge in [0, 0.05) is 6.54 Å². The van der Waals surface area contributed by atoms with Gasteiger partial charge in [-0.05, 0) is 12.3 Å². The van der Waals surface area contributed by atoms with Crippen molar-refractivity contribution in [2.24, 2.45) is 5.92 Å². The van der Waals surface area contributed by atoms with Crippen molar-refractivity contribution in [3.05, 3.63) is 11.4 Å². The van der Waals surface area contributed by atoms with Crippen LogP contribution in [0.1, 0.15) is 37.0 Å². The number of rotatable bonds is 4. The molecule has 1 aromatic rings. The Morgan fingerprint density at radius 3 is 2.69 bits per heavy atom. The minimum absolute atomic E-state index is 0.475. The van der Waals surface area contributed by atoms with E-state index in [0.29, 0.717) is 11.6 Å². The van der Waals surface area contributed by atoms with E-state index in [4.69, 9.17) is 0 Å². The maximum atomic E-state index is 10.6. The summed E-state index contributed by atoms with van der Waals surface area (Å²) in [5.41, 5.74) is 1.41. The Bertz CT molecular complexity index is 291. The molecule has 1 heterocycles. The van der Waals surface area contributed by atoms with Gasteiger partial charge in [0.05, 0.1) is 5.69 Å². The summed E-state index contributed by atoms with van der Waals surface area (Å²) in [5.74, 6) is 0.520. The number of hydrogen-bond donors (Lipinski definition) is 0. The van der Waals surface area contributed by atoms with Crippen molar-refractivity contribution in [3.8, 4) is 0 Å². The van der Waals surface area contributed by atoms with Crippen LogP contribution < -0.4 is 0 Å². The summed E-state index contributed by atoms with van der Waals surface area (Å²) in [6, 6.07) is 0. The Morgan fingerprint density at radius 2 is 2.23 bits per heavy atom. The fourth-order valence-electron chi connectivity index (χ4n) is 1.29. The van der Waals surface area contributed by atoms with Crippen LogP contribution >= 0.6 is 0 Å². The molecule has 0 aliphatic carbocycles. The van der Waals surface area contributed by atoms with Gasteiger partial charge < -0.3 is 0 Å². The van der Waals surface area contributed by atoms with Gasteiger partial charge in [0.1, 0.15) is 5.69 Å². The molecule has 0 radical (unpaired) electrons. The lowest BCUT2D eigenvalue weighted by atomic mass is 10.2. The lowest BCUT2D eigenvalue weighted by Gasteiger charge is -2.06. The third-order valence-corrected chi connectivity index (χ3v) is 1.85. The molecule has 0 aliphatic heterocycles. The summed E-state index contributed by atoms with van der Waals surface area (Å²) >= 11 is 0. The van der Waals surface area contributed by atoms with E-state index >= 15 is 0 Å². The lowest BCUT2D eigenvalue weighted by Crippen LogP contribution is -2.09. The Kier molecular flexibility index (Phi) is 3.17. The highest BCUT2D eigenvalue weighted by Gasteiger charge is 2.10. The van der Waals surface area contributed by atoms with Crippen LogP contribution in [0.2, 0.25) is 0 Å². The quantitative estimate of drug-likeness (QED) is 0.658. The minimum atomic E-state index is 0.475. The second kappa shape index (κ2) is 4.16. The Labute approximate surface area is 77.9 Å². The zero-order chi connectivity index (χ0) is 9.84. The zero-order valence-electron chi connectivity index (χ0n) is 8.32. The molecule has 4 nitrogen and oxygen atoms in total. The van der Waals surface area contributed by atoms with Crippen LogP contribution in [0, 0.1) is 5.92 Å². The maximum absolute atomic E-state index is 10.6. The van der Waals surface area contributed by atoms with Gasteiger partial charge in [-0.2, -0.15) is 0 Å². The second-order valence-corrected chi connectivity index (χ2v) is 3.47. The number of aromatic nitrogens is 3. The van der Waals surface area contributed by atoms with Crippen molar-refractivity contribution in [2.45, 2.75) is 33.7 Å². The first-order valence-electron chi connectivity index (χ1n) is 4.56. The first kappa shape index (κ1) is 9.89. The van der Waals surface area contributed by atoms with E-state index in [0.717, 1.165) is 24.9 Å². The number of nitrogens with zero attached hydrogens (tertiary/aromatic N) is 3. The molecule has 0 N–H and O–H groups in total. The molecule has 0 spiro atoms. The molecule has 0 aromatic carbocycles. The SMILES string of the molecule is CCc1c(C=O)nnn1CC(C)C. The summed E-state index contributed by atoms with van der Waals surface area (Å²) in [6.45, 7) is 7.05. The van der Waals surface area contributed by atoms with Crippen LogP contribution in [0.25, 0.3) is 0 Å². The normalized spacial score (nSPS) is 10.8. The van der Waals surface area contributed by atoms with Crippen LogP contribution in [0.5, 0.6) is 0 Å². The number of carbonyl (C=O) groups excluding carboxylic acids is 1. The van der Waals surface area contributed by atoms with Crippen LogP contribution in [0.15, 0.2) is 0 Å². The molecule has 0 unspecified atom stereocenters. The maximum Gasteiger partial charge on any atom is 0.172 e. The minimum Gasteiger partial charge on any atom is -0.296 e. The van der Waals surface area contributed by atoms with Crippen LogP contribution in [-0.4, -0.2) is 21.3 Å². The molecular formula is C9H15N3O. The van der Waals surface area contributed by atoms with Crippen LogP contribution in [0.4, 0.5) is 0 Å². The van der Waals surface area contributed by atoms with Crippen LogP contribution in [0.3, 0.4) is 0 Å². The molecule has 0 fully saturated rings. The Hall–Kier alpha value is -1.19. The first-order valence-corrected chi connectivity index (χ1v) is 4.56. The molecule has 0 saturated carbocycles. The molecule has 1 aromatic heterocycles. The third kappa shape index (κ3) is 2.14. The van der Waals surface area contributed by atoms with E-state index in [-0.39, 0.29) is 0 Å².